The van der Waals surface area contributed by atoms with E-state index in [1.165, 1.54) is 27.8 Å². The average Bonchev–Trinajstić information content (AvgIpc) is 2.84. The molecule has 0 atom stereocenters. The molecule has 1 aliphatic rings. The summed E-state index contributed by atoms with van der Waals surface area (Å²) in [5.74, 6) is 0. The summed E-state index contributed by atoms with van der Waals surface area (Å²) < 4.78 is 0. The molecule has 0 aliphatic heterocycles. The number of aryl methyl sites for hydroxylation is 1. The molecule has 0 radical (unpaired) electrons. The highest BCUT2D eigenvalue weighted by atomic mass is 14.1. The molecule has 104 valence electrons. The predicted molar refractivity (Wildman–Crippen MR) is 92.1 cm³/mol. The molecule has 0 unspecified atom stereocenters. The van der Waals surface area contributed by atoms with E-state index >= 15 is 0 Å². The standard InChI is InChI=1S/C21H20/c1-2-17-14-20(18-10-6-3-4-7-11-18)16-21(15-17)19-12-8-5-9-13-19/h3,5-16H,2,4H2,1H3. The third-order valence-electron chi connectivity index (χ3n) is 3.82. The fourth-order valence-corrected chi connectivity index (χ4v) is 2.63. The second kappa shape index (κ2) is 6.41. The summed E-state index contributed by atoms with van der Waals surface area (Å²) in [4.78, 5) is 0. The SMILES string of the molecule is CCc1cc(C2=CC=CCC=C2)cc(-c2ccccc2)c1. The quantitative estimate of drug-likeness (QED) is 0.661. The highest BCUT2D eigenvalue weighted by molar-refractivity contribution is 5.79. The van der Waals surface area contributed by atoms with E-state index in [9.17, 15) is 0 Å². The maximum Gasteiger partial charge on any atom is -0.0163 e. The van der Waals surface area contributed by atoms with Crippen LogP contribution in [-0.4, -0.2) is 0 Å². The van der Waals surface area contributed by atoms with E-state index in [2.05, 4.69) is 85.8 Å². The van der Waals surface area contributed by atoms with Crippen LogP contribution in [0.5, 0.6) is 0 Å². The normalized spacial score (nSPS) is 13.9. The van der Waals surface area contributed by atoms with Gasteiger partial charge in [0.2, 0.25) is 0 Å². The largest absolute Gasteiger partial charge is 0.0807 e. The zero-order valence-electron chi connectivity index (χ0n) is 12.4. The molecule has 2 aromatic rings. The van der Waals surface area contributed by atoms with E-state index in [0.717, 1.165) is 12.8 Å². The topological polar surface area (TPSA) is 0 Å². The molecule has 0 heteroatoms. The van der Waals surface area contributed by atoms with E-state index < -0.39 is 0 Å². The first-order valence-corrected chi connectivity index (χ1v) is 7.60. The third kappa shape index (κ3) is 3.22. The van der Waals surface area contributed by atoms with Gasteiger partial charge in [-0.05, 0) is 46.7 Å². The number of hydrogen-bond acceptors (Lipinski definition) is 0. The Labute approximate surface area is 127 Å². The van der Waals surface area contributed by atoms with Crippen LogP contribution in [0.25, 0.3) is 16.7 Å². The van der Waals surface area contributed by atoms with Crippen molar-refractivity contribution in [2.24, 2.45) is 0 Å². The van der Waals surface area contributed by atoms with Gasteiger partial charge < -0.3 is 0 Å². The van der Waals surface area contributed by atoms with Crippen molar-refractivity contribution in [2.45, 2.75) is 19.8 Å². The minimum atomic E-state index is 1.01. The molecule has 0 aromatic heterocycles. The first-order valence-electron chi connectivity index (χ1n) is 7.60. The Kier molecular flexibility index (Phi) is 4.16. The van der Waals surface area contributed by atoms with Gasteiger partial charge in [0, 0.05) is 0 Å². The summed E-state index contributed by atoms with van der Waals surface area (Å²) in [6, 6.07) is 17.5. The summed E-state index contributed by atoms with van der Waals surface area (Å²) >= 11 is 0. The maximum absolute atomic E-state index is 2.31. The maximum atomic E-state index is 2.31. The molecule has 2 aromatic carbocycles. The van der Waals surface area contributed by atoms with Crippen LogP contribution in [0.2, 0.25) is 0 Å². The Morgan fingerprint density at radius 2 is 1.67 bits per heavy atom. The smallest absolute Gasteiger partial charge is 0.0163 e. The zero-order chi connectivity index (χ0) is 14.5. The van der Waals surface area contributed by atoms with Crippen molar-refractivity contribution in [3.05, 3.63) is 90.0 Å². The van der Waals surface area contributed by atoms with Gasteiger partial charge in [0.15, 0.2) is 0 Å². The van der Waals surface area contributed by atoms with Gasteiger partial charge in [0.25, 0.3) is 0 Å². The van der Waals surface area contributed by atoms with E-state index in [0.29, 0.717) is 0 Å². The first-order chi connectivity index (χ1) is 10.4. The average molecular weight is 272 g/mol. The molecule has 0 bridgehead atoms. The fraction of sp³-hybridized carbons (Fsp3) is 0.143. The summed E-state index contributed by atoms with van der Waals surface area (Å²) in [6.07, 6.45) is 13.0. The molecule has 0 N–H and O–H groups in total. The highest BCUT2D eigenvalue weighted by Gasteiger charge is 2.05. The fourth-order valence-electron chi connectivity index (χ4n) is 2.63. The molecular weight excluding hydrogens is 252 g/mol. The summed E-state index contributed by atoms with van der Waals surface area (Å²) in [5, 5.41) is 0. The van der Waals surface area contributed by atoms with Gasteiger partial charge in [0.05, 0.1) is 0 Å². The molecular formula is C21H20. The third-order valence-corrected chi connectivity index (χ3v) is 3.82. The van der Waals surface area contributed by atoms with Gasteiger partial charge in [-0.1, -0.05) is 79.8 Å². The Morgan fingerprint density at radius 1 is 0.857 bits per heavy atom. The predicted octanol–water partition coefficient (Wildman–Crippen LogP) is 5.82. The van der Waals surface area contributed by atoms with Crippen molar-refractivity contribution in [2.75, 3.05) is 0 Å². The van der Waals surface area contributed by atoms with Gasteiger partial charge in [-0.15, -0.1) is 0 Å². The highest BCUT2D eigenvalue weighted by Crippen LogP contribution is 2.27. The van der Waals surface area contributed by atoms with E-state index in [1.54, 1.807) is 0 Å². The van der Waals surface area contributed by atoms with Gasteiger partial charge >= 0.3 is 0 Å². The van der Waals surface area contributed by atoms with Crippen molar-refractivity contribution in [3.8, 4) is 11.1 Å². The Balaban J connectivity index is 2.09. The molecule has 0 nitrogen and oxygen atoms in total. The molecule has 0 amide bonds. The van der Waals surface area contributed by atoms with E-state index in [4.69, 9.17) is 0 Å². The van der Waals surface area contributed by atoms with Crippen molar-refractivity contribution in [1.29, 1.82) is 0 Å². The van der Waals surface area contributed by atoms with Crippen LogP contribution in [0.4, 0.5) is 0 Å². The number of rotatable bonds is 3. The first kappa shape index (κ1) is 13.6. The number of hydrogen-bond donors (Lipinski definition) is 0. The van der Waals surface area contributed by atoms with Crippen molar-refractivity contribution in [3.63, 3.8) is 0 Å². The van der Waals surface area contributed by atoms with Crippen LogP contribution in [0, 0.1) is 0 Å². The molecule has 1 aliphatic carbocycles. The summed E-state index contributed by atoms with van der Waals surface area (Å²) in [5.41, 5.74) is 6.55. The molecule has 0 saturated heterocycles. The lowest BCUT2D eigenvalue weighted by molar-refractivity contribution is 1.14. The number of allylic oxidation sites excluding steroid dienone is 6. The molecule has 0 fully saturated rings. The second-order valence-corrected chi connectivity index (χ2v) is 5.33. The minimum Gasteiger partial charge on any atom is -0.0807 e. The number of benzene rings is 2. The molecule has 0 spiro atoms. The van der Waals surface area contributed by atoms with Gasteiger partial charge in [-0.25, -0.2) is 0 Å². The lowest BCUT2D eigenvalue weighted by Gasteiger charge is -2.10. The van der Waals surface area contributed by atoms with Crippen LogP contribution >= 0.6 is 0 Å². The molecule has 0 heterocycles. The van der Waals surface area contributed by atoms with Crippen molar-refractivity contribution >= 4 is 5.57 Å². The van der Waals surface area contributed by atoms with E-state index in [-0.39, 0.29) is 0 Å². The van der Waals surface area contributed by atoms with Crippen molar-refractivity contribution < 1.29 is 0 Å². The lowest BCUT2D eigenvalue weighted by atomic mass is 9.95. The Bertz CT molecular complexity index is 700. The van der Waals surface area contributed by atoms with Crippen LogP contribution in [0.3, 0.4) is 0 Å². The van der Waals surface area contributed by atoms with Crippen LogP contribution < -0.4 is 0 Å². The van der Waals surface area contributed by atoms with Crippen molar-refractivity contribution in [1.82, 2.24) is 0 Å². The minimum absolute atomic E-state index is 1.01. The van der Waals surface area contributed by atoms with Gasteiger partial charge in [-0.2, -0.15) is 0 Å². The Hall–Kier alpha value is -2.34. The van der Waals surface area contributed by atoms with Crippen LogP contribution in [0.1, 0.15) is 24.5 Å². The molecule has 21 heavy (non-hydrogen) atoms. The van der Waals surface area contributed by atoms with Crippen LogP contribution in [0.15, 0.2) is 78.9 Å². The van der Waals surface area contributed by atoms with Gasteiger partial charge in [0.1, 0.15) is 0 Å². The van der Waals surface area contributed by atoms with Gasteiger partial charge in [-0.3, -0.25) is 0 Å². The zero-order valence-corrected chi connectivity index (χ0v) is 12.4. The summed E-state index contributed by atoms with van der Waals surface area (Å²) in [7, 11) is 0. The molecule has 0 saturated carbocycles. The lowest BCUT2D eigenvalue weighted by Crippen LogP contribution is -1.89. The monoisotopic (exact) mass is 272 g/mol. The van der Waals surface area contributed by atoms with Crippen LogP contribution in [-0.2, 0) is 6.42 Å². The van der Waals surface area contributed by atoms with E-state index in [1.807, 2.05) is 0 Å². The Morgan fingerprint density at radius 3 is 2.48 bits per heavy atom. The second-order valence-electron chi connectivity index (χ2n) is 5.33. The molecule has 3 rings (SSSR count). The summed E-state index contributed by atoms with van der Waals surface area (Å²) in [6.45, 7) is 2.21.